The van der Waals surface area contributed by atoms with Crippen LogP contribution in [0.25, 0.3) is 11.3 Å². The van der Waals surface area contributed by atoms with E-state index in [1.165, 1.54) is 0 Å². The Kier molecular flexibility index (Phi) is 2.49. The number of hydrogen-bond acceptors (Lipinski definition) is 2. The van der Waals surface area contributed by atoms with Gasteiger partial charge >= 0.3 is 0 Å². The van der Waals surface area contributed by atoms with Gasteiger partial charge in [0.05, 0.1) is 12.8 Å². The zero-order valence-electron chi connectivity index (χ0n) is 8.03. The third kappa shape index (κ3) is 1.62. The van der Waals surface area contributed by atoms with Gasteiger partial charge in [-0.25, -0.2) is 0 Å². The molecule has 2 rings (SSSR count). The van der Waals surface area contributed by atoms with Crippen molar-refractivity contribution in [2.45, 2.75) is 6.92 Å². The smallest absolute Gasteiger partial charge is 0.164 e. The second kappa shape index (κ2) is 3.96. The highest BCUT2D eigenvalue weighted by atomic mass is 16.5. The van der Waals surface area contributed by atoms with Crippen molar-refractivity contribution in [1.82, 2.24) is 10.2 Å². The van der Waals surface area contributed by atoms with Crippen molar-refractivity contribution < 1.29 is 4.74 Å². The van der Waals surface area contributed by atoms with Crippen molar-refractivity contribution in [3.05, 3.63) is 36.5 Å². The van der Waals surface area contributed by atoms with Crippen molar-refractivity contribution in [2.24, 2.45) is 0 Å². The van der Waals surface area contributed by atoms with Gasteiger partial charge in [-0.3, -0.25) is 5.10 Å². The Labute approximate surface area is 82.7 Å². The van der Waals surface area contributed by atoms with Crippen LogP contribution in [-0.2, 0) is 0 Å². The quantitative estimate of drug-likeness (QED) is 0.803. The Morgan fingerprint density at radius 2 is 2.07 bits per heavy atom. The number of nitrogens with zero attached hydrogens (tertiary/aromatic N) is 1. The normalized spacial score (nSPS) is 10.1. The first-order valence-corrected chi connectivity index (χ1v) is 4.63. The Hall–Kier alpha value is -1.77. The minimum Gasteiger partial charge on any atom is -0.490 e. The molecular formula is C11H12N2O. The predicted molar refractivity (Wildman–Crippen MR) is 55.2 cm³/mol. The summed E-state index contributed by atoms with van der Waals surface area (Å²) in [6.07, 6.45) is 1.70. The number of nitrogens with one attached hydrogen (secondary N) is 1. The maximum Gasteiger partial charge on any atom is 0.164 e. The van der Waals surface area contributed by atoms with E-state index in [1.54, 1.807) is 6.20 Å². The Morgan fingerprint density at radius 1 is 1.29 bits per heavy atom. The zero-order chi connectivity index (χ0) is 9.80. The molecule has 0 aliphatic rings. The standard InChI is InChI=1S/C11H12N2O/c1-2-14-10-8-12-13-11(10)9-6-4-3-5-7-9/h3-8H,2H2,1H3,(H,12,13). The number of rotatable bonds is 3. The van der Waals surface area contributed by atoms with E-state index in [4.69, 9.17) is 4.74 Å². The first-order valence-electron chi connectivity index (χ1n) is 4.63. The summed E-state index contributed by atoms with van der Waals surface area (Å²) in [5.41, 5.74) is 2.03. The number of aromatic nitrogens is 2. The highest BCUT2D eigenvalue weighted by molar-refractivity contribution is 5.65. The maximum absolute atomic E-state index is 5.44. The van der Waals surface area contributed by atoms with Gasteiger partial charge in [0, 0.05) is 5.56 Å². The SMILES string of the molecule is CCOc1cn[nH]c1-c1ccccc1. The third-order valence-electron chi connectivity index (χ3n) is 1.97. The van der Waals surface area contributed by atoms with E-state index < -0.39 is 0 Å². The summed E-state index contributed by atoms with van der Waals surface area (Å²) in [7, 11) is 0. The van der Waals surface area contributed by atoms with Crippen LogP contribution in [0.15, 0.2) is 36.5 Å². The average molecular weight is 188 g/mol. The number of hydrogen-bond donors (Lipinski definition) is 1. The summed E-state index contributed by atoms with van der Waals surface area (Å²) in [5, 5.41) is 6.90. The van der Waals surface area contributed by atoms with Gasteiger partial charge in [0.1, 0.15) is 5.69 Å². The lowest BCUT2D eigenvalue weighted by Crippen LogP contribution is -1.91. The van der Waals surface area contributed by atoms with Crippen molar-refractivity contribution in [1.29, 1.82) is 0 Å². The third-order valence-corrected chi connectivity index (χ3v) is 1.97. The predicted octanol–water partition coefficient (Wildman–Crippen LogP) is 2.48. The minimum absolute atomic E-state index is 0.652. The van der Waals surface area contributed by atoms with Gasteiger partial charge in [-0.2, -0.15) is 5.10 Å². The molecule has 0 spiro atoms. The molecule has 0 atom stereocenters. The maximum atomic E-state index is 5.44. The first-order chi connectivity index (χ1) is 6.92. The molecule has 0 bridgehead atoms. The molecule has 0 fully saturated rings. The highest BCUT2D eigenvalue weighted by Crippen LogP contribution is 2.26. The van der Waals surface area contributed by atoms with Crippen molar-refractivity contribution in [2.75, 3.05) is 6.61 Å². The van der Waals surface area contributed by atoms with Gasteiger partial charge in [0.2, 0.25) is 0 Å². The van der Waals surface area contributed by atoms with E-state index in [0.717, 1.165) is 17.0 Å². The summed E-state index contributed by atoms with van der Waals surface area (Å²) >= 11 is 0. The molecule has 72 valence electrons. The minimum atomic E-state index is 0.652. The zero-order valence-corrected chi connectivity index (χ0v) is 8.03. The van der Waals surface area contributed by atoms with Crippen LogP contribution in [0.3, 0.4) is 0 Å². The molecule has 1 heterocycles. The Bertz CT molecular complexity index is 395. The molecule has 14 heavy (non-hydrogen) atoms. The molecule has 0 radical (unpaired) electrons. The molecule has 2 aromatic rings. The summed E-state index contributed by atoms with van der Waals surface area (Å²) < 4.78 is 5.44. The molecule has 1 N–H and O–H groups in total. The molecule has 0 saturated carbocycles. The fourth-order valence-electron chi connectivity index (χ4n) is 1.35. The summed E-state index contributed by atoms with van der Waals surface area (Å²) in [6, 6.07) is 10.0. The van der Waals surface area contributed by atoms with Crippen LogP contribution in [0.2, 0.25) is 0 Å². The van der Waals surface area contributed by atoms with Gasteiger partial charge in [-0.05, 0) is 6.92 Å². The largest absolute Gasteiger partial charge is 0.490 e. The van der Waals surface area contributed by atoms with Crippen LogP contribution in [0.4, 0.5) is 0 Å². The monoisotopic (exact) mass is 188 g/mol. The summed E-state index contributed by atoms with van der Waals surface area (Å²) in [6.45, 7) is 2.61. The molecular weight excluding hydrogens is 176 g/mol. The number of benzene rings is 1. The number of aromatic amines is 1. The van der Waals surface area contributed by atoms with Crippen LogP contribution in [0, 0.1) is 0 Å². The first kappa shape index (κ1) is 8.81. The second-order valence-electron chi connectivity index (χ2n) is 2.91. The molecule has 3 heteroatoms. The molecule has 0 unspecified atom stereocenters. The van der Waals surface area contributed by atoms with Crippen LogP contribution in [0.1, 0.15) is 6.92 Å². The summed E-state index contributed by atoms with van der Waals surface area (Å²) in [5.74, 6) is 0.804. The lowest BCUT2D eigenvalue weighted by molar-refractivity contribution is 0.342. The van der Waals surface area contributed by atoms with Crippen LogP contribution < -0.4 is 4.74 Å². The Balaban J connectivity index is 2.37. The molecule has 0 aliphatic heterocycles. The average Bonchev–Trinajstić information content (AvgIpc) is 2.68. The number of H-pyrrole nitrogens is 1. The van der Waals surface area contributed by atoms with Gasteiger partial charge in [0.15, 0.2) is 5.75 Å². The van der Waals surface area contributed by atoms with Crippen molar-refractivity contribution in [3.8, 4) is 17.0 Å². The molecule has 3 nitrogen and oxygen atoms in total. The fraction of sp³-hybridized carbons (Fsp3) is 0.182. The van der Waals surface area contributed by atoms with Crippen LogP contribution >= 0.6 is 0 Å². The molecule has 0 amide bonds. The van der Waals surface area contributed by atoms with Crippen LogP contribution in [0.5, 0.6) is 5.75 Å². The van der Waals surface area contributed by atoms with Crippen molar-refractivity contribution in [3.63, 3.8) is 0 Å². The molecule has 0 saturated heterocycles. The van der Waals surface area contributed by atoms with E-state index >= 15 is 0 Å². The molecule has 1 aromatic heterocycles. The lowest BCUT2D eigenvalue weighted by atomic mass is 10.1. The van der Waals surface area contributed by atoms with E-state index in [0.29, 0.717) is 6.61 Å². The van der Waals surface area contributed by atoms with Gasteiger partial charge < -0.3 is 4.74 Å². The van der Waals surface area contributed by atoms with Gasteiger partial charge in [0.25, 0.3) is 0 Å². The molecule has 0 aliphatic carbocycles. The van der Waals surface area contributed by atoms with E-state index in [2.05, 4.69) is 10.2 Å². The summed E-state index contributed by atoms with van der Waals surface area (Å²) in [4.78, 5) is 0. The molecule has 1 aromatic carbocycles. The van der Waals surface area contributed by atoms with E-state index in [9.17, 15) is 0 Å². The van der Waals surface area contributed by atoms with Crippen LogP contribution in [-0.4, -0.2) is 16.8 Å². The number of ether oxygens (including phenoxy) is 1. The highest BCUT2D eigenvalue weighted by Gasteiger charge is 2.06. The van der Waals surface area contributed by atoms with E-state index in [1.807, 2.05) is 37.3 Å². The van der Waals surface area contributed by atoms with Gasteiger partial charge in [-0.1, -0.05) is 30.3 Å². The Morgan fingerprint density at radius 3 is 2.79 bits per heavy atom. The lowest BCUT2D eigenvalue weighted by Gasteiger charge is -2.02. The van der Waals surface area contributed by atoms with Gasteiger partial charge in [-0.15, -0.1) is 0 Å². The topological polar surface area (TPSA) is 37.9 Å². The second-order valence-corrected chi connectivity index (χ2v) is 2.91. The van der Waals surface area contributed by atoms with Crippen molar-refractivity contribution >= 4 is 0 Å². The van der Waals surface area contributed by atoms with E-state index in [-0.39, 0.29) is 0 Å². The fourth-order valence-corrected chi connectivity index (χ4v) is 1.35.